The number of methoxy groups -OCH3 is 1. The van der Waals surface area contributed by atoms with Crippen LogP contribution in [0.25, 0.3) is 22.3 Å². The van der Waals surface area contributed by atoms with Crippen LogP contribution in [-0.2, 0) is 19.5 Å². The van der Waals surface area contributed by atoms with Crippen LogP contribution < -0.4 is 16.0 Å². The van der Waals surface area contributed by atoms with Gasteiger partial charge in [-0.05, 0) is 36.2 Å². The molecule has 0 aliphatic carbocycles. The van der Waals surface area contributed by atoms with E-state index in [9.17, 15) is 9.59 Å². The first-order valence-electron chi connectivity index (χ1n) is 10.9. The average molecular weight is 454 g/mol. The number of ether oxygens (including phenoxy) is 1. The second-order valence-corrected chi connectivity index (χ2v) is 7.82. The van der Waals surface area contributed by atoms with E-state index >= 15 is 0 Å². The molecule has 0 saturated carbocycles. The lowest BCUT2D eigenvalue weighted by molar-refractivity contribution is 0.369. The molecule has 0 bridgehead atoms. The quantitative estimate of drug-likeness (QED) is 0.374. The molecule has 0 aliphatic heterocycles. The van der Waals surface area contributed by atoms with E-state index in [4.69, 9.17) is 9.26 Å². The predicted octanol–water partition coefficient (Wildman–Crippen LogP) is 3.51. The molecular weight excluding hydrogens is 432 g/mol. The highest BCUT2D eigenvalue weighted by Gasteiger charge is 2.16. The highest BCUT2D eigenvalue weighted by atomic mass is 16.5. The molecule has 0 spiro atoms. The second-order valence-electron chi connectivity index (χ2n) is 7.82. The van der Waals surface area contributed by atoms with Crippen molar-refractivity contribution in [3.63, 3.8) is 0 Å². The topological polar surface area (TPSA) is 92.2 Å². The van der Waals surface area contributed by atoms with Crippen LogP contribution in [0.3, 0.4) is 0 Å². The van der Waals surface area contributed by atoms with Gasteiger partial charge in [0.2, 0.25) is 11.7 Å². The Morgan fingerprint density at radius 1 is 0.912 bits per heavy atom. The minimum atomic E-state index is -0.416. The monoisotopic (exact) mass is 454 g/mol. The Kier molecular flexibility index (Phi) is 5.78. The van der Waals surface area contributed by atoms with E-state index in [1.807, 2.05) is 48.5 Å². The highest BCUT2D eigenvalue weighted by molar-refractivity contribution is 5.77. The zero-order valence-corrected chi connectivity index (χ0v) is 18.5. The van der Waals surface area contributed by atoms with Crippen molar-refractivity contribution in [3.05, 3.63) is 111 Å². The molecule has 8 heteroatoms. The number of aromatic nitrogens is 4. The van der Waals surface area contributed by atoms with E-state index in [0.29, 0.717) is 28.9 Å². The fraction of sp³-hybridized carbons (Fsp3) is 0.154. The molecule has 0 amide bonds. The van der Waals surface area contributed by atoms with Crippen molar-refractivity contribution in [2.45, 2.75) is 19.5 Å². The minimum absolute atomic E-state index is 0.0436. The smallest absolute Gasteiger partial charge is 0.331 e. The van der Waals surface area contributed by atoms with Crippen LogP contribution >= 0.6 is 0 Å². The van der Waals surface area contributed by atoms with Crippen molar-refractivity contribution in [1.29, 1.82) is 0 Å². The molecule has 3 aromatic carbocycles. The molecule has 0 aliphatic rings. The summed E-state index contributed by atoms with van der Waals surface area (Å²) in [6, 6.07) is 24.1. The SMILES string of the molecule is COc1cccc(-c2noc(Cn3c(=O)n(CCc4ccccc4)c(=O)c4ccccc43)n2)c1. The summed E-state index contributed by atoms with van der Waals surface area (Å²) in [4.78, 5) is 31.0. The third-order valence-electron chi connectivity index (χ3n) is 5.69. The van der Waals surface area contributed by atoms with Crippen LogP contribution in [0.5, 0.6) is 5.75 Å². The molecule has 5 aromatic rings. The Hall–Kier alpha value is -4.46. The van der Waals surface area contributed by atoms with Crippen LogP contribution in [0.2, 0.25) is 0 Å². The summed E-state index contributed by atoms with van der Waals surface area (Å²) in [5, 5.41) is 4.52. The Morgan fingerprint density at radius 2 is 1.71 bits per heavy atom. The summed E-state index contributed by atoms with van der Waals surface area (Å²) in [6.45, 7) is 0.313. The normalized spacial score (nSPS) is 11.1. The van der Waals surface area contributed by atoms with Crippen molar-refractivity contribution in [2.75, 3.05) is 7.11 Å². The maximum atomic E-state index is 13.4. The van der Waals surface area contributed by atoms with Crippen LogP contribution in [0.1, 0.15) is 11.5 Å². The summed E-state index contributed by atoms with van der Waals surface area (Å²) in [7, 11) is 1.59. The van der Waals surface area contributed by atoms with Crippen LogP contribution in [0, 0.1) is 0 Å². The van der Waals surface area contributed by atoms with Gasteiger partial charge < -0.3 is 9.26 Å². The van der Waals surface area contributed by atoms with Crippen LogP contribution in [-0.4, -0.2) is 26.4 Å². The number of benzene rings is 3. The molecule has 5 rings (SSSR count). The molecule has 0 unspecified atom stereocenters. The Bertz CT molecular complexity index is 1570. The van der Waals surface area contributed by atoms with Gasteiger partial charge >= 0.3 is 5.69 Å². The summed E-state index contributed by atoms with van der Waals surface area (Å²) in [6.07, 6.45) is 0.564. The van der Waals surface area contributed by atoms with Gasteiger partial charge in [-0.15, -0.1) is 0 Å². The molecule has 170 valence electrons. The number of para-hydroxylation sites is 1. The fourth-order valence-corrected chi connectivity index (χ4v) is 3.94. The van der Waals surface area contributed by atoms with Gasteiger partial charge in [-0.25, -0.2) is 4.79 Å². The Morgan fingerprint density at radius 3 is 2.53 bits per heavy atom. The standard InChI is InChI=1S/C26H22N4O4/c1-33-20-11-7-10-19(16-20)24-27-23(34-28-24)17-30-22-13-6-5-12-21(22)25(31)29(26(30)32)15-14-18-8-3-2-4-9-18/h2-13,16H,14-15,17H2,1H3. The zero-order chi connectivity index (χ0) is 23.5. The lowest BCUT2D eigenvalue weighted by atomic mass is 10.1. The average Bonchev–Trinajstić information content (AvgIpc) is 3.36. The Labute approximate surface area is 194 Å². The summed E-state index contributed by atoms with van der Waals surface area (Å²) in [5.41, 5.74) is 1.58. The first-order chi connectivity index (χ1) is 16.6. The molecule has 8 nitrogen and oxygen atoms in total. The van der Waals surface area contributed by atoms with Crippen LogP contribution in [0.15, 0.2) is 93.0 Å². The molecule has 0 atom stereocenters. The molecule has 0 N–H and O–H groups in total. The van der Waals surface area contributed by atoms with Crippen molar-refractivity contribution in [3.8, 4) is 17.1 Å². The van der Waals surface area contributed by atoms with E-state index in [2.05, 4.69) is 10.1 Å². The maximum absolute atomic E-state index is 13.4. The molecule has 2 heterocycles. The van der Waals surface area contributed by atoms with Gasteiger partial charge in [0, 0.05) is 12.1 Å². The first kappa shape index (κ1) is 21.4. The van der Waals surface area contributed by atoms with Crippen molar-refractivity contribution < 1.29 is 9.26 Å². The van der Waals surface area contributed by atoms with Gasteiger partial charge in [0.1, 0.15) is 12.3 Å². The summed E-state index contributed by atoms with van der Waals surface area (Å²) in [5.74, 6) is 1.33. The zero-order valence-electron chi connectivity index (χ0n) is 18.5. The molecule has 0 fully saturated rings. The number of hydrogen-bond acceptors (Lipinski definition) is 6. The van der Waals surface area contributed by atoms with Gasteiger partial charge in [-0.3, -0.25) is 13.9 Å². The van der Waals surface area contributed by atoms with Gasteiger partial charge in [0.25, 0.3) is 5.56 Å². The van der Waals surface area contributed by atoms with Crippen molar-refractivity contribution in [2.24, 2.45) is 0 Å². The van der Waals surface area contributed by atoms with E-state index in [1.54, 1.807) is 37.4 Å². The van der Waals surface area contributed by atoms with Crippen molar-refractivity contribution >= 4 is 10.9 Å². The molecule has 0 radical (unpaired) electrons. The number of hydrogen-bond donors (Lipinski definition) is 0. The number of aryl methyl sites for hydroxylation is 1. The lowest BCUT2D eigenvalue weighted by Crippen LogP contribution is -2.40. The molecule has 2 aromatic heterocycles. The van der Waals surface area contributed by atoms with Gasteiger partial charge in [0.15, 0.2) is 0 Å². The summed E-state index contributed by atoms with van der Waals surface area (Å²) < 4.78 is 13.5. The van der Waals surface area contributed by atoms with Crippen molar-refractivity contribution in [1.82, 2.24) is 19.3 Å². The molecular formula is C26H22N4O4. The summed E-state index contributed by atoms with van der Waals surface area (Å²) >= 11 is 0. The number of nitrogens with zero attached hydrogens (tertiary/aromatic N) is 4. The molecule has 34 heavy (non-hydrogen) atoms. The van der Waals surface area contributed by atoms with E-state index in [1.165, 1.54) is 9.13 Å². The number of rotatable bonds is 7. The third kappa shape index (κ3) is 4.13. The van der Waals surface area contributed by atoms with E-state index in [-0.39, 0.29) is 24.5 Å². The number of fused-ring (bicyclic) bond motifs is 1. The van der Waals surface area contributed by atoms with Gasteiger partial charge in [0.05, 0.1) is 18.0 Å². The lowest BCUT2D eigenvalue weighted by Gasteiger charge is -2.12. The first-order valence-corrected chi connectivity index (χ1v) is 10.9. The van der Waals surface area contributed by atoms with Gasteiger partial charge in [-0.1, -0.05) is 59.8 Å². The maximum Gasteiger partial charge on any atom is 0.331 e. The fourth-order valence-electron chi connectivity index (χ4n) is 3.94. The Balaban J connectivity index is 1.52. The largest absolute Gasteiger partial charge is 0.497 e. The highest BCUT2D eigenvalue weighted by Crippen LogP contribution is 2.21. The van der Waals surface area contributed by atoms with Gasteiger partial charge in [-0.2, -0.15) is 4.98 Å². The molecule has 0 saturated heterocycles. The van der Waals surface area contributed by atoms with E-state index in [0.717, 1.165) is 11.1 Å². The minimum Gasteiger partial charge on any atom is -0.497 e. The van der Waals surface area contributed by atoms with Crippen LogP contribution in [0.4, 0.5) is 0 Å². The third-order valence-corrected chi connectivity index (χ3v) is 5.69. The second kappa shape index (κ2) is 9.19. The predicted molar refractivity (Wildman–Crippen MR) is 128 cm³/mol. The van der Waals surface area contributed by atoms with E-state index < -0.39 is 5.69 Å².